The third-order valence-electron chi connectivity index (χ3n) is 1.71. The van der Waals surface area contributed by atoms with Crippen molar-refractivity contribution in [3.05, 3.63) is 77.6 Å². The third-order valence-corrected chi connectivity index (χ3v) is 1.71. The van der Waals surface area contributed by atoms with Crippen LogP contribution < -0.4 is 0 Å². The second-order valence-corrected chi connectivity index (χ2v) is 2.95. The Balaban J connectivity index is 0.000000265. The molecule has 89 valence electrons. The molecule has 2 nitrogen and oxygen atoms in total. The van der Waals surface area contributed by atoms with Gasteiger partial charge in [-0.2, -0.15) is 66.2 Å². The quantitative estimate of drug-likeness (QED) is 0.667. The molecule has 0 aliphatic rings. The van der Waals surface area contributed by atoms with E-state index in [0.717, 1.165) is 0 Å². The van der Waals surface area contributed by atoms with Crippen molar-refractivity contribution in [1.29, 1.82) is 0 Å². The molecule has 2 aromatic carbocycles. The molecule has 2 rings (SSSR count). The minimum absolute atomic E-state index is 0.670. The first-order valence-electron chi connectivity index (χ1n) is 4.73. The van der Waals surface area contributed by atoms with E-state index in [1.54, 1.807) is 24.3 Å². The first kappa shape index (κ1) is 15.2. The summed E-state index contributed by atoms with van der Waals surface area (Å²) < 4.78 is 7.94. The fraction of sp³-hybridized carbons (Fsp3) is 0.0714. The summed E-state index contributed by atoms with van der Waals surface area (Å²) in [6.45, 7) is 8.62. The molecule has 0 N–H and O–H groups in total. The van der Waals surface area contributed by atoms with Gasteiger partial charge in [0.1, 0.15) is 0 Å². The van der Waals surface area contributed by atoms with E-state index in [0.29, 0.717) is 5.69 Å². The van der Waals surface area contributed by atoms with E-state index >= 15 is 0 Å². The van der Waals surface area contributed by atoms with Gasteiger partial charge in [-0.05, 0) is 0 Å². The Bertz CT molecular complexity index is 437. The van der Waals surface area contributed by atoms with Crippen LogP contribution in [-0.4, -0.2) is 0 Å². The van der Waals surface area contributed by atoms with Gasteiger partial charge in [-0.15, -0.1) is 0 Å². The number of aryl methyl sites for hydroxylation is 1. The summed E-state index contributed by atoms with van der Waals surface area (Å²) in [5.41, 5.74) is 1.96. The zero-order valence-corrected chi connectivity index (χ0v) is 10.3. The molecule has 0 saturated heterocycles. The minimum atomic E-state index is 0.670. The van der Waals surface area contributed by atoms with Crippen LogP contribution in [0.1, 0.15) is 5.56 Å². The van der Waals surface area contributed by atoms with Crippen molar-refractivity contribution in [2.45, 2.75) is 6.92 Å². The number of hydrogen-bond donors (Lipinski definition) is 0. The van der Waals surface area contributed by atoms with Gasteiger partial charge in [0.15, 0.2) is 0 Å². The molecule has 0 heterocycles. The topological polar surface area (TPSA) is 21.4 Å². The van der Waals surface area contributed by atoms with Crippen LogP contribution in [0, 0.1) is 25.6 Å². The van der Waals surface area contributed by atoms with Gasteiger partial charge in [-0.1, -0.05) is 6.92 Å². The Morgan fingerprint density at radius 1 is 1.00 bits per heavy atom. The summed E-state index contributed by atoms with van der Waals surface area (Å²) >= 11 is 2.31. The van der Waals surface area contributed by atoms with Crippen LogP contribution in [0.3, 0.4) is 0 Å². The van der Waals surface area contributed by atoms with Crippen LogP contribution in [0.2, 0.25) is 0 Å². The molecule has 0 aromatic heterocycles. The Hall–Kier alpha value is -1.76. The van der Waals surface area contributed by atoms with Crippen LogP contribution in [0.15, 0.2) is 48.5 Å². The monoisotopic (exact) mass is 268 g/mol. The van der Waals surface area contributed by atoms with Crippen molar-refractivity contribution >= 4 is 5.69 Å². The van der Waals surface area contributed by atoms with Gasteiger partial charge in [0.05, 0.1) is 12.3 Å². The Labute approximate surface area is 110 Å². The molecule has 0 saturated carbocycles. The van der Waals surface area contributed by atoms with Crippen molar-refractivity contribution < 1.29 is 19.5 Å². The second kappa shape index (κ2) is 10.7. The molecule has 3 heteroatoms. The number of hydrogen-bond acceptors (Lipinski definition) is 1. The Morgan fingerprint density at radius 3 is 1.65 bits per heavy atom. The summed E-state index contributed by atoms with van der Waals surface area (Å²) in [6.07, 6.45) is 0. The van der Waals surface area contributed by atoms with Crippen LogP contribution in [-0.2, 0) is 19.5 Å². The molecule has 0 fully saturated rings. The molecule has 2 aromatic rings. The number of nitrogens with zero attached hydrogens (tertiary/aromatic N) is 1. The molecule has 0 aliphatic heterocycles. The van der Waals surface area contributed by atoms with Crippen molar-refractivity contribution in [3.8, 4) is 0 Å². The van der Waals surface area contributed by atoms with Crippen molar-refractivity contribution in [2.24, 2.45) is 0 Å². The molecule has 0 aliphatic carbocycles. The van der Waals surface area contributed by atoms with Crippen molar-refractivity contribution in [1.82, 2.24) is 0 Å². The van der Waals surface area contributed by atoms with Gasteiger partial charge >= 0.3 is 19.5 Å². The summed E-state index contributed by atoms with van der Waals surface area (Å²) in [6, 6.07) is 20.6. The fourth-order valence-electron chi connectivity index (χ4n) is 0.923. The van der Waals surface area contributed by atoms with Crippen molar-refractivity contribution in [2.75, 3.05) is 0 Å². The van der Waals surface area contributed by atoms with Gasteiger partial charge in [-0.25, -0.2) is 0 Å². The van der Waals surface area contributed by atoms with Crippen LogP contribution in [0.5, 0.6) is 0 Å². The Morgan fingerprint density at radius 2 is 1.41 bits per heavy atom. The van der Waals surface area contributed by atoms with Gasteiger partial charge in [0, 0.05) is 0 Å². The van der Waals surface area contributed by atoms with Gasteiger partial charge in [0.2, 0.25) is 0 Å². The van der Waals surface area contributed by atoms with E-state index in [1.807, 2.05) is 24.3 Å². The van der Waals surface area contributed by atoms with Gasteiger partial charge in [-0.3, -0.25) is 4.85 Å². The first-order chi connectivity index (χ1) is 8.33. The molecule has 0 atom stereocenters. The molecular weight excluding hydrogens is 257 g/mol. The molecule has 17 heavy (non-hydrogen) atoms. The van der Waals surface area contributed by atoms with Gasteiger partial charge in [0.25, 0.3) is 0 Å². The summed E-state index contributed by atoms with van der Waals surface area (Å²) in [7, 11) is 0. The summed E-state index contributed by atoms with van der Waals surface area (Å²) in [5, 5.41) is 0. The molecule has 0 radical (unpaired) electrons. The average Bonchev–Trinajstić information content (AvgIpc) is 2.43. The standard InChI is InChI=1S/C7H4N.C7H7.Co.O/c1-8-7-5-3-2-4-6-7;1-7-5-3-2-4-6-7;;/h3-6H;3-6H,1H3;;/q2*-1;;. The van der Waals surface area contributed by atoms with Crippen molar-refractivity contribution in [3.63, 3.8) is 0 Å². The van der Waals surface area contributed by atoms with Crippen LogP contribution >= 0.6 is 0 Å². The van der Waals surface area contributed by atoms with E-state index in [9.17, 15) is 0 Å². The zero-order valence-electron chi connectivity index (χ0n) is 9.31. The third kappa shape index (κ3) is 8.09. The average molecular weight is 268 g/mol. The zero-order chi connectivity index (χ0) is 12.9. The molecule has 0 bridgehead atoms. The van der Waals surface area contributed by atoms with E-state index in [-0.39, 0.29) is 0 Å². The number of rotatable bonds is 0. The molecular formula is C14H11CoNO-2. The van der Waals surface area contributed by atoms with Gasteiger partial charge < -0.3 is 0 Å². The molecule has 0 unspecified atom stereocenters. The predicted octanol–water partition coefficient (Wildman–Crippen LogP) is 3.71. The first-order valence-corrected chi connectivity index (χ1v) is 5.15. The molecule has 0 spiro atoms. The summed E-state index contributed by atoms with van der Waals surface area (Å²) in [5.74, 6) is 0. The van der Waals surface area contributed by atoms with E-state index in [2.05, 4.69) is 39.6 Å². The maximum atomic E-state index is 7.94. The Kier molecular flexibility index (Phi) is 9.63. The second-order valence-electron chi connectivity index (χ2n) is 2.95. The number of benzene rings is 2. The van der Waals surface area contributed by atoms with E-state index in [4.69, 9.17) is 10.4 Å². The maximum absolute atomic E-state index is 7.94. The normalized spacial score (nSPS) is 7.59. The van der Waals surface area contributed by atoms with E-state index < -0.39 is 0 Å². The van der Waals surface area contributed by atoms with E-state index in [1.165, 1.54) is 5.56 Å². The SMILES string of the molecule is Cc1cc[c-]cc1.[C-]#[N+]c1cc[c-]cc1.[O]=[Co]. The van der Waals surface area contributed by atoms with Crippen LogP contribution in [0.25, 0.3) is 4.85 Å². The fourth-order valence-corrected chi connectivity index (χ4v) is 0.923. The summed E-state index contributed by atoms with van der Waals surface area (Å²) in [4.78, 5) is 3.20. The predicted molar refractivity (Wildman–Crippen MR) is 62.2 cm³/mol. The van der Waals surface area contributed by atoms with Crippen LogP contribution in [0.4, 0.5) is 5.69 Å². The molecule has 0 amide bonds.